The molecule has 23 heavy (non-hydrogen) atoms. The van der Waals surface area contributed by atoms with Crippen molar-refractivity contribution in [3.63, 3.8) is 0 Å². The predicted molar refractivity (Wildman–Crippen MR) is 96.1 cm³/mol. The quantitative estimate of drug-likeness (QED) is 0.865. The van der Waals surface area contributed by atoms with Crippen LogP contribution in [0.2, 0.25) is 0 Å². The smallest absolute Gasteiger partial charge is 0.222 e. The molecule has 1 heterocycles. The summed E-state index contributed by atoms with van der Waals surface area (Å²) in [6.45, 7) is 4.98. The maximum atomic E-state index is 12.5. The second kappa shape index (κ2) is 9.78. The van der Waals surface area contributed by atoms with E-state index in [0.29, 0.717) is 24.8 Å². The average Bonchev–Trinajstić information content (AvgIpc) is 2.56. The molecule has 0 saturated carbocycles. The molecule has 0 bridgehead atoms. The van der Waals surface area contributed by atoms with E-state index in [1.54, 1.807) is 7.11 Å². The van der Waals surface area contributed by atoms with E-state index in [-0.39, 0.29) is 18.3 Å². The SMILES string of the molecule is COc1ccccc1CN(C)C(=O)CC(C)C1CCNCC1.Cl. The summed E-state index contributed by atoms with van der Waals surface area (Å²) < 4.78 is 5.36. The van der Waals surface area contributed by atoms with Crippen LogP contribution in [0.1, 0.15) is 31.7 Å². The van der Waals surface area contributed by atoms with Crippen molar-refractivity contribution >= 4 is 18.3 Å². The molecule has 5 heteroatoms. The molecule has 1 fully saturated rings. The lowest BCUT2D eigenvalue weighted by atomic mass is 9.84. The predicted octanol–water partition coefficient (Wildman–Crippen LogP) is 3.10. The van der Waals surface area contributed by atoms with Crippen molar-refractivity contribution in [2.75, 3.05) is 27.2 Å². The highest BCUT2D eigenvalue weighted by Gasteiger charge is 2.23. The molecule has 1 atom stereocenters. The van der Waals surface area contributed by atoms with Crippen LogP contribution in [-0.2, 0) is 11.3 Å². The zero-order valence-corrected chi connectivity index (χ0v) is 15.2. The molecule has 0 aromatic heterocycles. The Morgan fingerprint density at radius 2 is 2.00 bits per heavy atom. The number of benzene rings is 1. The summed E-state index contributed by atoms with van der Waals surface area (Å²) in [5.74, 6) is 2.19. The number of carbonyl (C=O) groups is 1. The second-order valence-corrected chi connectivity index (χ2v) is 6.33. The highest BCUT2D eigenvalue weighted by Crippen LogP contribution is 2.25. The maximum Gasteiger partial charge on any atom is 0.222 e. The van der Waals surface area contributed by atoms with E-state index < -0.39 is 0 Å². The van der Waals surface area contributed by atoms with Crippen LogP contribution in [0.3, 0.4) is 0 Å². The lowest BCUT2D eigenvalue weighted by molar-refractivity contribution is -0.131. The number of piperidine rings is 1. The fourth-order valence-electron chi connectivity index (χ4n) is 3.19. The molecule has 1 aliphatic heterocycles. The van der Waals surface area contributed by atoms with Gasteiger partial charge in [0.15, 0.2) is 0 Å². The van der Waals surface area contributed by atoms with E-state index in [4.69, 9.17) is 4.74 Å². The molecule has 1 unspecified atom stereocenters. The molecule has 1 N–H and O–H groups in total. The molecule has 1 aromatic rings. The zero-order valence-electron chi connectivity index (χ0n) is 14.4. The van der Waals surface area contributed by atoms with Crippen LogP contribution in [0.15, 0.2) is 24.3 Å². The average molecular weight is 341 g/mol. The van der Waals surface area contributed by atoms with Gasteiger partial charge in [0.2, 0.25) is 5.91 Å². The molecule has 0 spiro atoms. The molecule has 1 saturated heterocycles. The molecule has 0 radical (unpaired) electrons. The monoisotopic (exact) mass is 340 g/mol. The van der Waals surface area contributed by atoms with Gasteiger partial charge >= 0.3 is 0 Å². The maximum absolute atomic E-state index is 12.5. The number of nitrogens with one attached hydrogen (secondary N) is 1. The number of amides is 1. The summed E-state index contributed by atoms with van der Waals surface area (Å²) in [7, 11) is 3.55. The van der Waals surface area contributed by atoms with Crippen molar-refractivity contribution in [2.45, 2.75) is 32.7 Å². The van der Waals surface area contributed by atoms with Crippen molar-refractivity contribution in [3.05, 3.63) is 29.8 Å². The number of hydrogen-bond donors (Lipinski definition) is 1. The molecule has 1 aliphatic rings. The van der Waals surface area contributed by atoms with Gasteiger partial charge in [-0.05, 0) is 43.8 Å². The number of nitrogens with zero attached hydrogens (tertiary/aromatic N) is 1. The first-order valence-corrected chi connectivity index (χ1v) is 8.18. The number of rotatable bonds is 6. The van der Waals surface area contributed by atoms with Gasteiger partial charge in [-0.15, -0.1) is 12.4 Å². The number of hydrogen-bond acceptors (Lipinski definition) is 3. The molecule has 130 valence electrons. The van der Waals surface area contributed by atoms with E-state index >= 15 is 0 Å². The number of ether oxygens (including phenoxy) is 1. The lowest BCUT2D eigenvalue weighted by Crippen LogP contribution is -2.34. The number of methoxy groups -OCH3 is 1. The summed E-state index contributed by atoms with van der Waals surface area (Å²) >= 11 is 0. The Kier molecular flexibility index (Phi) is 8.42. The first-order valence-electron chi connectivity index (χ1n) is 8.18. The van der Waals surface area contributed by atoms with E-state index in [2.05, 4.69) is 12.2 Å². The van der Waals surface area contributed by atoms with E-state index in [0.717, 1.165) is 24.4 Å². The standard InChI is InChI=1S/C18H28N2O2.ClH/c1-14(15-8-10-19-11-9-15)12-18(21)20(2)13-16-6-4-5-7-17(16)22-3;/h4-7,14-15,19H,8-13H2,1-3H3;1H. The fraction of sp³-hybridized carbons (Fsp3) is 0.611. The Morgan fingerprint density at radius 1 is 1.35 bits per heavy atom. The Hall–Kier alpha value is -1.26. The van der Waals surface area contributed by atoms with Gasteiger partial charge in [0.1, 0.15) is 5.75 Å². The van der Waals surface area contributed by atoms with Crippen molar-refractivity contribution in [1.29, 1.82) is 0 Å². The van der Waals surface area contributed by atoms with Gasteiger partial charge in [-0.3, -0.25) is 4.79 Å². The van der Waals surface area contributed by atoms with Crippen molar-refractivity contribution in [2.24, 2.45) is 11.8 Å². The Labute approximate surface area is 146 Å². The van der Waals surface area contributed by atoms with Gasteiger partial charge in [-0.2, -0.15) is 0 Å². The third-order valence-electron chi connectivity index (χ3n) is 4.71. The summed E-state index contributed by atoms with van der Waals surface area (Å²) in [5, 5.41) is 3.38. The highest BCUT2D eigenvalue weighted by atomic mass is 35.5. The number of carbonyl (C=O) groups excluding carboxylic acids is 1. The van der Waals surface area contributed by atoms with Crippen LogP contribution in [-0.4, -0.2) is 38.1 Å². The molecule has 1 amide bonds. The van der Waals surface area contributed by atoms with Gasteiger partial charge in [0.25, 0.3) is 0 Å². The molecule has 2 rings (SSSR count). The van der Waals surface area contributed by atoms with Crippen molar-refractivity contribution < 1.29 is 9.53 Å². The zero-order chi connectivity index (χ0) is 15.9. The van der Waals surface area contributed by atoms with Gasteiger partial charge < -0.3 is 15.0 Å². The summed E-state index contributed by atoms with van der Waals surface area (Å²) in [4.78, 5) is 14.3. The van der Waals surface area contributed by atoms with Crippen molar-refractivity contribution in [3.8, 4) is 5.75 Å². The van der Waals surface area contributed by atoms with Crippen LogP contribution in [0, 0.1) is 11.8 Å². The largest absolute Gasteiger partial charge is 0.496 e. The molecular weight excluding hydrogens is 312 g/mol. The number of halogens is 1. The van der Waals surface area contributed by atoms with Gasteiger partial charge in [0.05, 0.1) is 7.11 Å². The minimum absolute atomic E-state index is 0. The van der Waals surface area contributed by atoms with Crippen molar-refractivity contribution in [1.82, 2.24) is 10.2 Å². The fourth-order valence-corrected chi connectivity index (χ4v) is 3.19. The van der Waals surface area contributed by atoms with E-state index in [9.17, 15) is 4.79 Å². The Morgan fingerprint density at radius 3 is 2.65 bits per heavy atom. The third kappa shape index (κ3) is 5.70. The van der Waals surface area contributed by atoms with Crippen LogP contribution in [0.4, 0.5) is 0 Å². The molecule has 4 nitrogen and oxygen atoms in total. The molecular formula is C18H29ClN2O2. The summed E-state index contributed by atoms with van der Waals surface area (Å²) in [5.41, 5.74) is 1.05. The second-order valence-electron chi connectivity index (χ2n) is 6.33. The summed E-state index contributed by atoms with van der Waals surface area (Å²) in [6.07, 6.45) is 3.01. The Bertz CT molecular complexity index is 490. The van der Waals surface area contributed by atoms with Crippen LogP contribution in [0.25, 0.3) is 0 Å². The minimum Gasteiger partial charge on any atom is -0.496 e. The van der Waals surface area contributed by atoms with E-state index in [1.807, 2.05) is 36.2 Å². The van der Waals surface area contributed by atoms with E-state index in [1.165, 1.54) is 12.8 Å². The van der Waals surface area contributed by atoms with Crippen LogP contribution >= 0.6 is 12.4 Å². The van der Waals surface area contributed by atoms with Gasteiger partial charge in [-0.25, -0.2) is 0 Å². The molecule has 1 aromatic carbocycles. The first-order chi connectivity index (χ1) is 10.6. The highest BCUT2D eigenvalue weighted by molar-refractivity contribution is 5.85. The van der Waals surface area contributed by atoms with Crippen LogP contribution < -0.4 is 10.1 Å². The Balaban J connectivity index is 0.00000264. The third-order valence-corrected chi connectivity index (χ3v) is 4.71. The normalized spacial score (nSPS) is 16.3. The number of para-hydroxylation sites is 1. The first kappa shape index (κ1) is 19.8. The molecule has 0 aliphatic carbocycles. The van der Waals surface area contributed by atoms with Crippen LogP contribution in [0.5, 0.6) is 5.75 Å². The lowest BCUT2D eigenvalue weighted by Gasteiger charge is -2.29. The topological polar surface area (TPSA) is 41.6 Å². The minimum atomic E-state index is 0. The van der Waals surface area contributed by atoms with Gasteiger partial charge in [-0.1, -0.05) is 25.1 Å². The summed E-state index contributed by atoms with van der Waals surface area (Å²) in [6, 6.07) is 7.88. The van der Waals surface area contributed by atoms with Gasteiger partial charge in [0, 0.05) is 25.6 Å².